The van der Waals surface area contributed by atoms with Crippen molar-refractivity contribution in [1.82, 2.24) is 14.6 Å². The van der Waals surface area contributed by atoms with Crippen molar-refractivity contribution in [3.8, 4) is 22.5 Å². The smallest absolute Gasteiger partial charge is 0.248 e. The Labute approximate surface area is 155 Å². The highest BCUT2D eigenvalue weighted by molar-refractivity contribution is 5.95. The van der Waals surface area contributed by atoms with Crippen LogP contribution >= 0.6 is 0 Å². The van der Waals surface area contributed by atoms with Gasteiger partial charge in [-0.15, -0.1) is 0 Å². The molecule has 132 valence electrons. The summed E-state index contributed by atoms with van der Waals surface area (Å²) in [7, 11) is 0. The van der Waals surface area contributed by atoms with Crippen molar-refractivity contribution in [2.24, 2.45) is 5.73 Å². The summed E-state index contributed by atoms with van der Waals surface area (Å²) in [6.07, 6.45) is 1.73. The van der Waals surface area contributed by atoms with Gasteiger partial charge in [0.15, 0.2) is 11.4 Å². The molecule has 4 aromatic rings. The van der Waals surface area contributed by atoms with Crippen molar-refractivity contribution in [3.63, 3.8) is 0 Å². The van der Waals surface area contributed by atoms with E-state index in [1.807, 2.05) is 42.5 Å². The summed E-state index contributed by atoms with van der Waals surface area (Å²) < 4.78 is 1.75. The fourth-order valence-corrected chi connectivity index (χ4v) is 2.93. The van der Waals surface area contributed by atoms with Crippen LogP contribution in [0, 0.1) is 0 Å². The van der Waals surface area contributed by atoms with Gasteiger partial charge < -0.3 is 5.73 Å². The quantitative estimate of drug-likeness (QED) is 0.568. The Bertz CT molecular complexity index is 1180. The van der Waals surface area contributed by atoms with Gasteiger partial charge in [0, 0.05) is 22.3 Å². The average molecular weight is 356 g/mol. The molecule has 6 heteroatoms. The lowest BCUT2D eigenvalue weighted by atomic mass is 10.1. The summed E-state index contributed by atoms with van der Waals surface area (Å²) in [5.74, 6) is -0.457. The SMILES string of the molecule is CC(=O)c1cccc(-c2ccc3ncc(-c4ccc(C(N)=O)cc4)n3n2)c1. The zero-order valence-electron chi connectivity index (χ0n) is 14.6. The minimum absolute atomic E-state index is 0.00999. The minimum Gasteiger partial charge on any atom is -0.366 e. The molecule has 1 amide bonds. The second-order valence-corrected chi connectivity index (χ2v) is 6.21. The molecule has 0 aliphatic heterocycles. The molecule has 0 aliphatic rings. The topological polar surface area (TPSA) is 90.4 Å². The molecule has 0 spiro atoms. The number of nitrogens with two attached hydrogens (primary N) is 1. The van der Waals surface area contributed by atoms with E-state index in [-0.39, 0.29) is 5.78 Å². The van der Waals surface area contributed by atoms with Gasteiger partial charge in [0.05, 0.1) is 17.6 Å². The first-order valence-electron chi connectivity index (χ1n) is 8.39. The highest BCUT2D eigenvalue weighted by Crippen LogP contribution is 2.24. The van der Waals surface area contributed by atoms with E-state index in [1.165, 1.54) is 0 Å². The van der Waals surface area contributed by atoms with Crippen molar-refractivity contribution >= 4 is 17.3 Å². The Morgan fingerprint density at radius 1 is 0.926 bits per heavy atom. The molecule has 0 fully saturated rings. The lowest BCUT2D eigenvalue weighted by molar-refractivity contribution is 0.0996. The number of fused-ring (bicyclic) bond motifs is 1. The van der Waals surface area contributed by atoms with Gasteiger partial charge in [-0.1, -0.05) is 30.3 Å². The number of hydrogen-bond donors (Lipinski definition) is 1. The molecule has 2 heterocycles. The molecule has 0 bridgehead atoms. The van der Waals surface area contributed by atoms with Crippen LogP contribution in [0.1, 0.15) is 27.6 Å². The Balaban J connectivity index is 1.81. The Morgan fingerprint density at radius 3 is 2.41 bits per heavy atom. The van der Waals surface area contributed by atoms with E-state index in [9.17, 15) is 9.59 Å². The van der Waals surface area contributed by atoms with Crippen LogP contribution < -0.4 is 5.73 Å². The number of Topliss-reactive ketones (excluding diaryl/α,β-unsaturated/α-hetero) is 1. The fourth-order valence-electron chi connectivity index (χ4n) is 2.93. The second kappa shape index (κ2) is 6.49. The molecule has 27 heavy (non-hydrogen) atoms. The third kappa shape index (κ3) is 3.08. The number of ketones is 1. The van der Waals surface area contributed by atoms with Gasteiger partial charge in [-0.25, -0.2) is 9.50 Å². The van der Waals surface area contributed by atoms with Gasteiger partial charge >= 0.3 is 0 Å². The zero-order chi connectivity index (χ0) is 19.0. The minimum atomic E-state index is -0.467. The van der Waals surface area contributed by atoms with Crippen molar-refractivity contribution in [1.29, 1.82) is 0 Å². The van der Waals surface area contributed by atoms with Crippen LogP contribution in [0.25, 0.3) is 28.2 Å². The van der Waals surface area contributed by atoms with E-state index in [0.29, 0.717) is 16.8 Å². The Hall–Kier alpha value is -3.80. The van der Waals surface area contributed by atoms with Gasteiger partial charge in [0.2, 0.25) is 5.91 Å². The molecule has 0 unspecified atom stereocenters. The van der Waals surface area contributed by atoms with Crippen molar-refractivity contribution in [2.75, 3.05) is 0 Å². The molecule has 2 aromatic heterocycles. The number of nitrogens with zero attached hydrogens (tertiary/aromatic N) is 3. The summed E-state index contributed by atoms with van der Waals surface area (Å²) in [6, 6.07) is 18.1. The highest BCUT2D eigenvalue weighted by Gasteiger charge is 2.11. The van der Waals surface area contributed by atoms with Crippen LogP contribution in [0.4, 0.5) is 0 Å². The van der Waals surface area contributed by atoms with Crippen LogP contribution in [-0.2, 0) is 0 Å². The lowest BCUT2D eigenvalue weighted by Crippen LogP contribution is -2.10. The number of primary amides is 1. The lowest BCUT2D eigenvalue weighted by Gasteiger charge is -2.06. The van der Waals surface area contributed by atoms with E-state index in [4.69, 9.17) is 10.8 Å². The van der Waals surface area contributed by atoms with Crippen LogP contribution in [0.5, 0.6) is 0 Å². The molecule has 4 rings (SSSR count). The predicted molar refractivity (Wildman–Crippen MR) is 102 cm³/mol. The van der Waals surface area contributed by atoms with Gasteiger partial charge in [-0.2, -0.15) is 5.10 Å². The van der Waals surface area contributed by atoms with E-state index in [2.05, 4.69) is 4.98 Å². The molecule has 6 nitrogen and oxygen atoms in total. The summed E-state index contributed by atoms with van der Waals surface area (Å²) in [5, 5.41) is 4.69. The molecule has 0 saturated carbocycles. The number of rotatable bonds is 4. The van der Waals surface area contributed by atoms with Crippen molar-refractivity contribution in [3.05, 3.63) is 78.0 Å². The maximum absolute atomic E-state index is 11.6. The third-order valence-corrected chi connectivity index (χ3v) is 4.39. The number of aromatic nitrogens is 3. The predicted octanol–water partition coefficient (Wildman–Crippen LogP) is 3.36. The van der Waals surface area contributed by atoms with E-state index in [0.717, 1.165) is 22.5 Å². The van der Waals surface area contributed by atoms with Gasteiger partial charge in [-0.3, -0.25) is 9.59 Å². The fraction of sp³-hybridized carbons (Fsp3) is 0.0476. The standard InChI is InChI=1S/C21H16N4O2/c1-13(26)16-3-2-4-17(11-16)18-9-10-20-23-12-19(25(20)24-18)14-5-7-15(8-6-14)21(22)27/h2-12H,1H3,(H2,22,27). The molecular formula is C21H16N4O2. The summed E-state index contributed by atoms with van der Waals surface area (Å²) in [4.78, 5) is 27.3. The van der Waals surface area contributed by atoms with Crippen molar-refractivity contribution in [2.45, 2.75) is 6.92 Å². The first-order valence-corrected chi connectivity index (χ1v) is 8.39. The zero-order valence-corrected chi connectivity index (χ0v) is 14.6. The highest BCUT2D eigenvalue weighted by atomic mass is 16.1. The monoisotopic (exact) mass is 356 g/mol. The maximum Gasteiger partial charge on any atom is 0.248 e. The molecule has 2 N–H and O–H groups in total. The molecule has 0 atom stereocenters. The normalized spacial score (nSPS) is 10.9. The van der Waals surface area contributed by atoms with Gasteiger partial charge in [0.25, 0.3) is 0 Å². The largest absolute Gasteiger partial charge is 0.366 e. The van der Waals surface area contributed by atoms with Gasteiger partial charge in [-0.05, 0) is 37.3 Å². The third-order valence-electron chi connectivity index (χ3n) is 4.39. The first kappa shape index (κ1) is 16.7. The van der Waals surface area contributed by atoms with Crippen LogP contribution in [0.2, 0.25) is 0 Å². The number of hydrogen-bond acceptors (Lipinski definition) is 4. The molecule has 0 saturated heterocycles. The number of benzene rings is 2. The first-order chi connectivity index (χ1) is 13.0. The molecule has 0 aliphatic carbocycles. The van der Waals surface area contributed by atoms with E-state index >= 15 is 0 Å². The van der Waals surface area contributed by atoms with Crippen LogP contribution in [-0.4, -0.2) is 26.3 Å². The summed E-state index contributed by atoms with van der Waals surface area (Å²) in [6.45, 7) is 1.54. The number of carbonyl (C=O) groups excluding carboxylic acids is 2. The summed E-state index contributed by atoms with van der Waals surface area (Å²) in [5.41, 5.74) is 10.3. The molecule has 2 aromatic carbocycles. The van der Waals surface area contributed by atoms with E-state index < -0.39 is 5.91 Å². The Kier molecular flexibility index (Phi) is 4.01. The summed E-state index contributed by atoms with van der Waals surface area (Å²) >= 11 is 0. The van der Waals surface area contributed by atoms with Crippen molar-refractivity contribution < 1.29 is 9.59 Å². The maximum atomic E-state index is 11.6. The van der Waals surface area contributed by atoms with E-state index in [1.54, 1.807) is 35.8 Å². The number of imidazole rings is 1. The average Bonchev–Trinajstić information content (AvgIpc) is 3.11. The number of carbonyl (C=O) groups is 2. The molecular weight excluding hydrogens is 340 g/mol. The van der Waals surface area contributed by atoms with Crippen LogP contribution in [0.3, 0.4) is 0 Å². The Morgan fingerprint density at radius 2 is 1.70 bits per heavy atom. The van der Waals surface area contributed by atoms with Gasteiger partial charge in [0.1, 0.15) is 0 Å². The van der Waals surface area contributed by atoms with Crippen LogP contribution in [0.15, 0.2) is 66.9 Å². The number of amides is 1. The molecule has 0 radical (unpaired) electrons. The second-order valence-electron chi connectivity index (χ2n) is 6.21.